The topological polar surface area (TPSA) is 49.7 Å². The van der Waals surface area contributed by atoms with Crippen LogP contribution in [0, 0.1) is 5.92 Å². The van der Waals surface area contributed by atoms with Crippen molar-refractivity contribution in [1.29, 1.82) is 0 Å². The molecule has 4 heteroatoms. The number of allylic oxidation sites excluding steroid dienone is 2. The van der Waals surface area contributed by atoms with Gasteiger partial charge in [-0.25, -0.2) is 0 Å². The fourth-order valence-electron chi connectivity index (χ4n) is 2.17. The van der Waals surface area contributed by atoms with Crippen LogP contribution in [0.5, 0.6) is 0 Å². The van der Waals surface area contributed by atoms with Crippen LogP contribution in [-0.2, 0) is 4.79 Å². The van der Waals surface area contributed by atoms with E-state index in [0.29, 0.717) is 5.56 Å². The minimum absolute atomic E-state index is 0.212. The fraction of sp³-hybridized carbons (Fsp3) is 0.133. The fourth-order valence-corrected chi connectivity index (χ4v) is 2.17. The van der Waals surface area contributed by atoms with Gasteiger partial charge in [0, 0.05) is 18.0 Å². The number of aliphatic imine (C=N–C) groups is 1. The molecule has 0 saturated carbocycles. The van der Waals surface area contributed by atoms with Crippen molar-refractivity contribution < 1.29 is 9.59 Å². The smallest absolute Gasteiger partial charge is 0.244 e. The lowest BCUT2D eigenvalue weighted by atomic mass is 9.95. The first-order chi connectivity index (χ1) is 9.27. The predicted molar refractivity (Wildman–Crippen MR) is 71.7 cm³/mol. The number of carbonyl (C=O) groups excluding carboxylic acids is 2. The van der Waals surface area contributed by atoms with E-state index in [0.717, 1.165) is 0 Å². The van der Waals surface area contributed by atoms with Gasteiger partial charge in [-0.2, -0.15) is 0 Å². The SMILES string of the molecule is O=C(c1ccccc1)C1C=NC2C=CC=CN2C1=O. The van der Waals surface area contributed by atoms with Crippen LogP contribution in [0.3, 0.4) is 0 Å². The molecule has 0 N–H and O–H groups in total. The quantitative estimate of drug-likeness (QED) is 0.595. The summed E-state index contributed by atoms with van der Waals surface area (Å²) in [5.41, 5.74) is 0.530. The summed E-state index contributed by atoms with van der Waals surface area (Å²) in [6.45, 7) is 0. The molecule has 2 aliphatic heterocycles. The highest BCUT2D eigenvalue weighted by atomic mass is 16.2. The molecule has 94 valence electrons. The van der Waals surface area contributed by atoms with Crippen LogP contribution in [0.2, 0.25) is 0 Å². The molecule has 4 nitrogen and oxygen atoms in total. The summed E-state index contributed by atoms with van der Waals surface area (Å²) in [4.78, 5) is 30.3. The molecule has 2 unspecified atom stereocenters. The molecular weight excluding hydrogens is 240 g/mol. The van der Waals surface area contributed by atoms with E-state index in [4.69, 9.17) is 0 Å². The van der Waals surface area contributed by atoms with Gasteiger partial charge in [-0.15, -0.1) is 0 Å². The first-order valence-electron chi connectivity index (χ1n) is 6.07. The number of carbonyl (C=O) groups is 2. The zero-order valence-corrected chi connectivity index (χ0v) is 10.1. The van der Waals surface area contributed by atoms with Crippen LogP contribution in [0.15, 0.2) is 59.8 Å². The highest BCUT2D eigenvalue weighted by Gasteiger charge is 2.35. The largest absolute Gasteiger partial charge is 0.293 e. The van der Waals surface area contributed by atoms with E-state index in [1.54, 1.807) is 36.5 Å². The second kappa shape index (κ2) is 4.65. The number of fused-ring (bicyclic) bond motifs is 1. The lowest BCUT2D eigenvalue weighted by Gasteiger charge is -2.31. The van der Waals surface area contributed by atoms with Crippen molar-refractivity contribution in [1.82, 2.24) is 4.90 Å². The van der Waals surface area contributed by atoms with Gasteiger partial charge in [0.1, 0.15) is 12.1 Å². The number of benzene rings is 1. The predicted octanol–water partition coefficient (Wildman–Crippen LogP) is 1.81. The molecule has 2 atom stereocenters. The van der Waals surface area contributed by atoms with E-state index in [9.17, 15) is 9.59 Å². The number of rotatable bonds is 2. The highest BCUT2D eigenvalue weighted by Crippen LogP contribution is 2.20. The molecule has 1 aromatic carbocycles. The summed E-state index contributed by atoms with van der Waals surface area (Å²) < 4.78 is 0. The van der Waals surface area contributed by atoms with Gasteiger partial charge in [0.25, 0.3) is 0 Å². The van der Waals surface area contributed by atoms with Crippen molar-refractivity contribution in [2.75, 3.05) is 0 Å². The van der Waals surface area contributed by atoms with Crippen molar-refractivity contribution in [3.8, 4) is 0 Å². The Morgan fingerprint density at radius 3 is 2.74 bits per heavy atom. The molecule has 0 radical (unpaired) electrons. The average Bonchev–Trinajstić information content (AvgIpc) is 2.48. The Kier molecular flexibility index (Phi) is 2.83. The molecule has 3 rings (SSSR count). The maximum atomic E-state index is 12.3. The summed E-state index contributed by atoms with van der Waals surface area (Å²) in [5, 5.41) is 0. The Hall–Kier alpha value is -2.49. The maximum absolute atomic E-state index is 12.3. The first-order valence-corrected chi connectivity index (χ1v) is 6.07. The molecule has 19 heavy (non-hydrogen) atoms. The normalized spacial score (nSPS) is 24.4. The third-order valence-corrected chi connectivity index (χ3v) is 3.18. The molecule has 0 aliphatic carbocycles. The van der Waals surface area contributed by atoms with Gasteiger partial charge in [-0.3, -0.25) is 19.5 Å². The third-order valence-electron chi connectivity index (χ3n) is 3.18. The number of nitrogens with zero attached hydrogens (tertiary/aromatic N) is 2. The van der Waals surface area contributed by atoms with E-state index >= 15 is 0 Å². The molecule has 1 amide bonds. The van der Waals surface area contributed by atoms with Crippen molar-refractivity contribution in [3.63, 3.8) is 0 Å². The monoisotopic (exact) mass is 252 g/mol. The summed E-state index contributed by atoms with van der Waals surface area (Å²) in [6, 6.07) is 8.82. The summed E-state index contributed by atoms with van der Waals surface area (Å²) >= 11 is 0. The Morgan fingerprint density at radius 2 is 1.95 bits per heavy atom. The number of Topliss-reactive ketones (excluding diaryl/α,β-unsaturated/α-hetero) is 1. The van der Waals surface area contributed by atoms with E-state index < -0.39 is 5.92 Å². The van der Waals surface area contributed by atoms with E-state index in [-0.39, 0.29) is 17.9 Å². The Morgan fingerprint density at radius 1 is 1.16 bits per heavy atom. The Bertz CT molecular complexity index is 602. The lowest BCUT2D eigenvalue weighted by Crippen LogP contribution is -2.46. The highest BCUT2D eigenvalue weighted by molar-refractivity contribution is 6.20. The van der Waals surface area contributed by atoms with Crippen LogP contribution in [0.1, 0.15) is 10.4 Å². The van der Waals surface area contributed by atoms with E-state index in [1.165, 1.54) is 11.1 Å². The van der Waals surface area contributed by atoms with E-state index in [1.807, 2.05) is 18.2 Å². The van der Waals surface area contributed by atoms with Gasteiger partial charge in [0.05, 0.1) is 0 Å². The molecule has 0 aromatic heterocycles. The van der Waals surface area contributed by atoms with Gasteiger partial charge in [0.2, 0.25) is 5.91 Å². The van der Waals surface area contributed by atoms with Gasteiger partial charge in [0.15, 0.2) is 5.78 Å². The van der Waals surface area contributed by atoms with Gasteiger partial charge in [-0.1, -0.05) is 36.4 Å². The summed E-state index contributed by atoms with van der Waals surface area (Å²) in [6.07, 6.45) is 8.23. The molecule has 0 spiro atoms. The lowest BCUT2D eigenvalue weighted by molar-refractivity contribution is -0.131. The van der Waals surface area contributed by atoms with Gasteiger partial charge in [-0.05, 0) is 12.2 Å². The Balaban J connectivity index is 1.90. The standard InChI is InChI=1S/C15H12N2O2/c18-14(11-6-2-1-3-7-11)12-10-16-13-8-4-5-9-17(13)15(12)19/h1-10,12-13H. The van der Waals surface area contributed by atoms with Gasteiger partial charge < -0.3 is 0 Å². The molecule has 0 saturated heterocycles. The maximum Gasteiger partial charge on any atom is 0.244 e. The van der Waals surface area contributed by atoms with E-state index in [2.05, 4.69) is 4.99 Å². The second-order valence-electron chi connectivity index (χ2n) is 4.39. The third kappa shape index (κ3) is 2.01. The van der Waals surface area contributed by atoms with Crippen molar-refractivity contribution in [3.05, 3.63) is 60.3 Å². The van der Waals surface area contributed by atoms with Crippen LogP contribution < -0.4 is 0 Å². The number of hydrogen-bond acceptors (Lipinski definition) is 3. The van der Waals surface area contributed by atoms with Crippen molar-refractivity contribution >= 4 is 17.9 Å². The minimum Gasteiger partial charge on any atom is -0.293 e. The van der Waals surface area contributed by atoms with Crippen LogP contribution in [-0.4, -0.2) is 29.0 Å². The molecule has 2 aliphatic rings. The molecular formula is C15H12N2O2. The van der Waals surface area contributed by atoms with Gasteiger partial charge >= 0.3 is 0 Å². The molecule has 1 aromatic rings. The van der Waals surface area contributed by atoms with Crippen molar-refractivity contribution in [2.45, 2.75) is 6.17 Å². The zero-order valence-electron chi connectivity index (χ0n) is 10.1. The molecule has 0 fully saturated rings. The number of hydrogen-bond donors (Lipinski definition) is 0. The second-order valence-corrected chi connectivity index (χ2v) is 4.39. The molecule has 2 heterocycles. The molecule has 0 bridgehead atoms. The summed E-state index contributed by atoms with van der Waals surface area (Å²) in [5.74, 6) is -1.26. The minimum atomic E-state index is -0.824. The van der Waals surface area contributed by atoms with Crippen molar-refractivity contribution in [2.24, 2.45) is 10.9 Å². The number of amides is 1. The number of ketones is 1. The zero-order chi connectivity index (χ0) is 13.2. The van der Waals surface area contributed by atoms with Crippen LogP contribution >= 0.6 is 0 Å². The first kappa shape index (κ1) is 11.6. The summed E-state index contributed by atoms with van der Waals surface area (Å²) in [7, 11) is 0. The Labute approximate surface area is 110 Å². The van der Waals surface area contributed by atoms with Crippen LogP contribution in [0.4, 0.5) is 0 Å². The average molecular weight is 252 g/mol. The van der Waals surface area contributed by atoms with Crippen LogP contribution in [0.25, 0.3) is 0 Å².